The second-order valence-corrected chi connectivity index (χ2v) is 18.6. The fourth-order valence-electron chi connectivity index (χ4n) is 6.67. The van der Waals surface area contributed by atoms with Crippen LogP contribution in [0.2, 0.25) is 0 Å². The van der Waals surface area contributed by atoms with Crippen LogP contribution in [-0.2, 0) is 31.2 Å². The molecule has 0 saturated heterocycles. The Bertz CT molecular complexity index is 2560. The number of nitrogens with zero attached hydrogens (tertiary/aromatic N) is 5. The number of carbonyl (C=O) groups excluding carboxylic acids is 3. The summed E-state index contributed by atoms with van der Waals surface area (Å²) in [5.74, 6) is -2.11. The first-order chi connectivity index (χ1) is 28.3. The Morgan fingerprint density at radius 2 is 1.49 bits per heavy atom. The zero-order chi connectivity index (χ0) is 44.7. The minimum atomic E-state index is -5.04. The summed E-state index contributed by atoms with van der Waals surface area (Å²) in [5.41, 5.74) is -5.58. The molecule has 1 fully saturated rings. The number of halogens is 4. The molecule has 3 amide bonds. The van der Waals surface area contributed by atoms with Gasteiger partial charge in [-0.1, -0.05) is 25.0 Å². The Morgan fingerprint density at radius 3 is 2.07 bits per heavy atom. The number of benzene rings is 2. The zero-order valence-electron chi connectivity index (χ0n) is 34.4. The second-order valence-electron chi connectivity index (χ2n) is 16.8. The Labute approximate surface area is 349 Å². The zero-order valence-corrected chi connectivity index (χ0v) is 35.2. The molecule has 14 nitrogen and oxygen atoms in total. The number of fused-ring (bicyclic) bond motifs is 1. The molecule has 3 aromatic heterocycles. The summed E-state index contributed by atoms with van der Waals surface area (Å²) >= 11 is 0. The van der Waals surface area contributed by atoms with E-state index in [2.05, 4.69) is 25.1 Å². The smallest absolute Gasteiger partial charge is 0.435 e. The van der Waals surface area contributed by atoms with Crippen molar-refractivity contribution in [2.24, 2.45) is 5.92 Å². The molecule has 2 aromatic carbocycles. The molecule has 3 heterocycles. The quantitative estimate of drug-likeness (QED) is 0.122. The first-order valence-electron chi connectivity index (χ1n) is 19.2. The summed E-state index contributed by atoms with van der Waals surface area (Å²) in [5, 5.41) is 6.51. The summed E-state index contributed by atoms with van der Waals surface area (Å²) in [4.78, 5) is 50.1. The molecule has 1 unspecified atom stereocenters. The van der Waals surface area contributed by atoms with E-state index < -0.39 is 73.9 Å². The van der Waals surface area contributed by atoms with Gasteiger partial charge in [-0.25, -0.2) is 36.8 Å². The van der Waals surface area contributed by atoms with Gasteiger partial charge >= 0.3 is 18.4 Å². The van der Waals surface area contributed by atoms with Crippen LogP contribution in [0.25, 0.3) is 16.5 Å². The van der Waals surface area contributed by atoms with E-state index >= 15 is 4.39 Å². The molecule has 1 aliphatic carbocycles. The molecule has 6 rings (SSSR count). The summed E-state index contributed by atoms with van der Waals surface area (Å²) in [6.45, 7) is 9.48. The molecule has 1 atom stereocenters. The van der Waals surface area contributed by atoms with E-state index in [1.165, 1.54) is 55.0 Å². The maximum absolute atomic E-state index is 15.7. The standard InChI is InChI=1S/C42H45F4N7O7S/c1-39(2,3)59-37(55)52(38(56)60-40(4,5)6)35-30-23-29(12-10-26(30)15-21-48-35)53-33(24-34(50-53)42(44,45)46)36(54)49-32-22-28(11-13-31(32)43)41(51-61(7,57)58,18-14-25-8-9-25)27-16-19-47-20-17-27/h10-13,15-17,19-25,51H,8-9,14,18H2,1-7H3,(H,49,54). The van der Waals surface area contributed by atoms with Gasteiger partial charge < -0.3 is 14.8 Å². The maximum atomic E-state index is 15.7. The predicted octanol–water partition coefficient (Wildman–Crippen LogP) is 8.89. The fourth-order valence-corrected chi connectivity index (χ4v) is 7.64. The molecule has 2 N–H and O–H groups in total. The van der Waals surface area contributed by atoms with Crippen molar-refractivity contribution in [1.82, 2.24) is 24.5 Å². The molecule has 0 radical (unpaired) electrons. The number of hydrogen-bond acceptors (Lipinski definition) is 10. The monoisotopic (exact) mass is 867 g/mol. The Morgan fingerprint density at radius 1 is 0.852 bits per heavy atom. The van der Waals surface area contributed by atoms with Crippen molar-refractivity contribution in [3.8, 4) is 5.69 Å². The van der Waals surface area contributed by atoms with Crippen LogP contribution in [0.5, 0.6) is 0 Å². The molecule has 61 heavy (non-hydrogen) atoms. The number of aromatic nitrogens is 4. The summed E-state index contributed by atoms with van der Waals surface area (Å²) in [6.07, 6.45) is 0.708. The lowest BCUT2D eigenvalue weighted by Crippen LogP contribution is -2.46. The SMILES string of the molecule is CC(C)(C)OC(=O)N(C(=O)OC(C)(C)C)c1nccc2ccc(-n3nc(C(F)(F)F)cc3C(=O)Nc3cc(C(CCC4CC4)(NS(C)(=O)=O)c4ccncc4)ccc3F)cc12. The summed E-state index contributed by atoms with van der Waals surface area (Å²) in [7, 11) is -3.92. The van der Waals surface area contributed by atoms with Crippen molar-refractivity contribution in [2.75, 3.05) is 16.5 Å². The normalized spacial score (nSPS) is 14.6. The fraction of sp³-hybridized carbons (Fsp3) is 0.381. The van der Waals surface area contributed by atoms with Gasteiger partial charge in [0.15, 0.2) is 11.5 Å². The van der Waals surface area contributed by atoms with Crippen LogP contribution >= 0.6 is 0 Å². The van der Waals surface area contributed by atoms with E-state index in [1.54, 1.807) is 53.7 Å². The van der Waals surface area contributed by atoms with E-state index in [9.17, 15) is 36.0 Å². The van der Waals surface area contributed by atoms with Gasteiger partial charge in [0.05, 0.1) is 23.2 Å². The molecular formula is C42H45F4N7O7S. The Balaban J connectivity index is 1.45. The van der Waals surface area contributed by atoms with Crippen LogP contribution in [0.15, 0.2) is 79.3 Å². The van der Waals surface area contributed by atoms with Gasteiger partial charge in [0.2, 0.25) is 10.0 Å². The van der Waals surface area contributed by atoms with E-state index in [4.69, 9.17) is 9.47 Å². The van der Waals surface area contributed by atoms with Crippen LogP contribution in [0.4, 0.5) is 38.7 Å². The van der Waals surface area contributed by atoms with Crippen molar-refractivity contribution in [1.29, 1.82) is 0 Å². The highest BCUT2D eigenvalue weighted by Gasteiger charge is 2.41. The van der Waals surface area contributed by atoms with Crippen molar-refractivity contribution in [3.05, 3.63) is 108 Å². The van der Waals surface area contributed by atoms with E-state index in [1.807, 2.05) is 0 Å². The molecule has 0 aliphatic heterocycles. The number of rotatable bonds is 11. The van der Waals surface area contributed by atoms with Crippen LogP contribution in [0, 0.1) is 11.7 Å². The molecule has 5 aromatic rings. The number of ether oxygens (including phenoxy) is 2. The van der Waals surface area contributed by atoms with Gasteiger partial charge in [-0.15, -0.1) is 0 Å². The number of alkyl halides is 3. The molecule has 1 aliphatic rings. The third kappa shape index (κ3) is 10.7. The van der Waals surface area contributed by atoms with Crippen molar-refractivity contribution < 1.29 is 49.8 Å². The van der Waals surface area contributed by atoms with Crippen LogP contribution in [0.3, 0.4) is 0 Å². The molecular weight excluding hydrogens is 823 g/mol. The van der Waals surface area contributed by atoms with Gasteiger partial charge in [-0.2, -0.15) is 23.2 Å². The largest absolute Gasteiger partial charge is 0.443 e. The molecule has 0 bridgehead atoms. The van der Waals surface area contributed by atoms with E-state index in [0.29, 0.717) is 38.9 Å². The van der Waals surface area contributed by atoms with E-state index in [0.717, 1.165) is 25.2 Å². The highest BCUT2D eigenvalue weighted by molar-refractivity contribution is 7.88. The third-order valence-electron chi connectivity index (χ3n) is 9.43. The van der Waals surface area contributed by atoms with Gasteiger partial charge in [-0.3, -0.25) is 9.78 Å². The number of amides is 3. The lowest BCUT2D eigenvalue weighted by molar-refractivity contribution is -0.141. The Kier molecular flexibility index (Phi) is 12.1. The lowest BCUT2D eigenvalue weighted by Gasteiger charge is -2.36. The average Bonchev–Trinajstić information content (AvgIpc) is 3.86. The Hall–Kier alpha value is -5.95. The molecule has 0 spiro atoms. The first kappa shape index (κ1) is 44.6. The van der Waals surface area contributed by atoms with Crippen molar-refractivity contribution >= 4 is 50.4 Å². The van der Waals surface area contributed by atoms with Crippen LogP contribution in [0.1, 0.15) is 94.5 Å². The molecule has 324 valence electrons. The number of sulfonamides is 1. The van der Waals surface area contributed by atoms with Crippen LogP contribution < -0.4 is 14.9 Å². The van der Waals surface area contributed by atoms with Gasteiger partial charge in [-0.05, 0) is 119 Å². The summed E-state index contributed by atoms with van der Waals surface area (Å²) in [6, 6.07) is 13.0. The predicted molar refractivity (Wildman–Crippen MR) is 218 cm³/mol. The van der Waals surface area contributed by atoms with Gasteiger partial charge in [0.1, 0.15) is 22.7 Å². The average molecular weight is 868 g/mol. The van der Waals surface area contributed by atoms with Crippen LogP contribution in [-0.4, -0.2) is 63.7 Å². The minimum Gasteiger partial charge on any atom is -0.443 e. The number of hydrogen-bond donors (Lipinski definition) is 2. The van der Waals surface area contributed by atoms with Crippen molar-refractivity contribution in [3.63, 3.8) is 0 Å². The molecule has 1 saturated carbocycles. The lowest BCUT2D eigenvalue weighted by atomic mass is 9.79. The number of nitrogens with one attached hydrogen (secondary N) is 2. The minimum absolute atomic E-state index is 0.0582. The topological polar surface area (TPSA) is 175 Å². The highest BCUT2D eigenvalue weighted by atomic mass is 32.2. The maximum Gasteiger partial charge on any atom is 0.435 e. The summed E-state index contributed by atoms with van der Waals surface area (Å²) < 4.78 is 98.8. The first-order valence-corrected chi connectivity index (χ1v) is 21.1. The number of anilines is 2. The molecule has 19 heteroatoms. The third-order valence-corrected chi connectivity index (χ3v) is 10.2. The number of imide groups is 1. The second kappa shape index (κ2) is 16.5. The highest BCUT2D eigenvalue weighted by Crippen LogP contribution is 2.42. The number of carbonyl (C=O) groups is 3. The van der Waals surface area contributed by atoms with E-state index in [-0.39, 0.29) is 28.9 Å². The van der Waals surface area contributed by atoms with Crippen molar-refractivity contribution in [2.45, 2.75) is 90.1 Å². The number of pyridine rings is 2. The van der Waals surface area contributed by atoms with Gasteiger partial charge in [0.25, 0.3) is 5.91 Å². The van der Waals surface area contributed by atoms with Gasteiger partial charge in [0, 0.05) is 30.0 Å².